The second-order valence-electron chi connectivity index (χ2n) is 6.23. The molecule has 3 rings (SSSR count). The maximum Gasteiger partial charge on any atom is 0.219 e. The molecule has 4 N–H and O–H groups in total. The number of halogens is 2. The Morgan fingerprint density at radius 3 is 2.42 bits per heavy atom. The molecule has 2 aromatic rings. The number of aromatic nitrogens is 4. The minimum absolute atomic E-state index is 0. The van der Waals surface area contributed by atoms with E-state index in [9.17, 15) is 0 Å². The van der Waals surface area contributed by atoms with Crippen LogP contribution in [0.3, 0.4) is 0 Å². The average molecular weight is 402 g/mol. The van der Waals surface area contributed by atoms with E-state index in [1.165, 1.54) is 0 Å². The van der Waals surface area contributed by atoms with Crippen molar-refractivity contribution in [3.05, 3.63) is 35.5 Å². The highest BCUT2D eigenvalue weighted by molar-refractivity contribution is 5.85. The first-order chi connectivity index (χ1) is 11.5. The second kappa shape index (κ2) is 9.82. The number of anilines is 2. The lowest BCUT2D eigenvalue weighted by atomic mass is 9.78. The molecule has 0 unspecified atom stereocenters. The second-order valence-corrected chi connectivity index (χ2v) is 6.23. The van der Waals surface area contributed by atoms with Gasteiger partial charge < -0.3 is 21.1 Å². The molecule has 26 heavy (non-hydrogen) atoms. The predicted molar refractivity (Wildman–Crippen MR) is 106 cm³/mol. The number of nitrogen functional groups attached to an aromatic ring is 1. The Balaban J connectivity index is 0.00000169. The van der Waals surface area contributed by atoms with E-state index >= 15 is 0 Å². The molecule has 2 heterocycles. The fourth-order valence-corrected chi connectivity index (χ4v) is 2.81. The monoisotopic (exact) mass is 401 g/mol. The van der Waals surface area contributed by atoms with Gasteiger partial charge in [0.05, 0.1) is 0 Å². The van der Waals surface area contributed by atoms with Gasteiger partial charge in [-0.15, -0.1) is 24.8 Å². The molecule has 1 fully saturated rings. The number of hydrogen-bond acceptors (Lipinski definition) is 8. The fourth-order valence-electron chi connectivity index (χ4n) is 2.81. The first-order valence-electron chi connectivity index (χ1n) is 7.95. The molecule has 1 aliphatic carbocycles. The van der Waals surface area contributed by atoms with Crippen molar-refractivity contribution in [3.8, 4) is 0 Å². The molecule has 0 atom stereocenters. The smallest absolute Gasteiger partial charge is 0.219 e. The van der Waals surface area contributed by atoms with Crippen molar-refractivity contribution in [1.29, 1.82) is 0 Å². The van der Waals surface area contributed by atoms with Gasteiger partial charge in [0.2, 0.25) is 5.95 Å². The number of nitrogens with zero attached hydrogens (tertiary/aromatic N) is 5. The van der Waals surface area contributed by atoms with E-state index in [-0.39, 0.29) is 36.8 Å². The molecule has 0 spiro atoms. The highest BCUT2D eigenvalue weighted by Crippen LogP contribution is 2.35. The molecule has 0 radical (unpaired) electrons. The normalized spacial score (nSPS) is 18.3. The van der Waals surface area contributed by atoms with Crippen LogP contribution in [0, 0.1) is 0 Å². The molecule has 0 bridgehead atoms. The van der Waals surface area contributed by atoms with E-state index in [0.29, 0.717) is 24.9 Å². The van der Waals surface area contributed by atoms with Crippen molar-refractivity contribution < 1.29 is 4.74 Å². The maximum atomic E-state index is 5.91. The number of ether oxygens (including phenoxy) is 1. The van der Waals surface area contributed by atoms with Crippen molar-refractivity contribution in [3.63, 3.8) is 0 Å². The topological polar surface area (TPSA) is 116 Å². The Labute approximate surface area is 165 Å². The summed E-state index contributed by atoms with van der Waals surface area (Å²) in [4.78, 5) is 19.3. The zero-order valence-electron chi connectivity index (χ0n) is 14.8. The van der Waals surface area contributed by atoms with Crippen LogP contribution in [-0.4, -0.2) is 40.1 Å². The van der Waals surface area contributed by atoms with Gasteiger partial charge in [0, 0.05) is 62.4 Å². The van der Waals surface area contributed by atoms with E-state index in [1.54, 1.807) is 19.5 Å². The molecule has 8 nitrogen and oxygen atoms in total. The van der Waals surface area contributed by atoms with Gasteiger partial charge >= 0.3 is 0 Å². The molecule has 10 heteroatoms. The zero-order chi connectivity index (χ0) is 17.1. The van der Waals surface area contributed by atoms with Gasteiger partial charge in [-0.05, 0) is 12.8 Å². The zero-order valence-corrected chi connectivity index (χ0v) is 16.5. The Hall–Kier alpha value is -1.74. The Morgan fingerprint density at radius 1 is 1.19 bits per heavy atom. The molecule has 1 aliphatic rings. The van der Waals surface area contributed by atoms with E-state index in [1.807, 2.05) is 18.0 Å². The van der Waals surface area contributed by atoms with Crippen LogP contribution in [0.25, 0.3) is 0 Å². The Morgan fingerprint density at radius 2 is 1.85 bits per heavy atom. The van der Waals surface area contributed by atoms with E-state index < -0.39 is 0 Å². The summed E-state index contributed by atoms with van der Waals surface area (Å²) in [5.74, 6) is 2.22. The van der Waals surface area contributed by atoms with E-state index in [4.69, 9.17) is 16.2 Å². The lowest BCUT2D eigenvalue weighted by Gasteiger charge is -2.32. The van der Waals surface area contributed by atoms with Crippen LogP contribution in [0.4, 0.5) is 11.8 Å². The van der Waals surface area contributed by atoms with Gasteiger partial charge in [-0.2, -0.15) is 0 Å². The standard InChI is InChI=1S/C16H23N7O.2ClH/c1-23(8-10-6-19-16(18)20-7-10)15-5-13(11-3-12(17)4-11)21-14(22-15)9-24-2;;/h5-7,11-12H,3-4,8-9,17H2,1-2H3,(H2,18,19,20);2*1H. The highest BCUT2D eigenvalue weighted by atomic mass is 35.5. The predicted octanol–water partition coefficient (Wildman–Crippen LogP) is 1.68. The summed E-state index contributed by atoms with van der Waals surface area (Å²) in [6.45, 7) is 1.02. The molecular weight excluding hydrogens is 377 g/mol. The summed E-state index contributed by atoms with van der Waals surface area (Å²) in [6.07, 6.45) is 5.39. The first kappa shape index (κ1) is 22.3. The Kier molecular flexibility index (Phi) is 8.42. The van der Waals surface area contributed by atoms with Crippen molar-refractivity contribution >= 4 is 36.6 Å². The summed E-state index contributed by atoms with van der Waals surface area (Å²) in [6, 6.07) is 2.32. The number of rotatable bonds is 6. The van der Waals surface area contributed by atoms with Crippen molar-refractivity contribution in [1.82, 2.24) is 19.9 Å². The van der Waals surface area contributed by atoms with E-state index in [2.05, 4.69) is 19.9 Å². The largest absolute Gasteiger partial charge is 0.377 e. The van der Waals surface area contributed by atoms with Crippen LogP contribution in [0.15, 0.2) is 18.5 Å². The van der Waals surface area contributed by atoms with Gasteiger partial charge in [-0.25, -0.2) is 19.9 Å². The van der Waals surface area contributed by atoms with Crippen molar-refractivity contribution in [2.75, 3.05) is 24.8 Å². The maximum absolute atomic E-state index is 5.91. The summed E-state index contributed by atoms with van der Waals surface area (Å²) in [5, 5.41) is 0. The summed E-state index contributed by atoms with van der Waals surface area (Å²) in [5.41, 5.74) is 13.4. The lowest BCUT2D eigenvalue weighted by molar-refractivity contribution is 0.177. The molecule has 0 aliphatic heterocycles. The van der Waals surface area contributed by atoms with Gasteiger partial charge in [-0.3, -0.25) is 0 Å². The third kappa shape index (κ3) is 5.38. The summed E-state index contributed by atoms with van der Waals surface area (Å²) < 4.78 is 5.20. The molecule has 0 aromatic carbocycles. The number of methoxy groups -OCH3 is 1. The third-order valence-corrected chi connectivity index (χ3v) is 4.18. The lowest BCUT2D eigenvalue weighted by Crippen LogP contribution is -2.35. The Bertz CT molecular complexity index is 695. The van der Waals surface area contributed by atoms with Crippen molar-refractivity contribution in [2.45, 2.75) is 38.0 Å². The summed E-state index contributed by atoms with van der Waals surface area (Å²) in [7, 11) is 3.62. The fraction of sp³-hybridized carbons (Fsp3) is 0.500. The first-order valence-corrected chi connectivity index (χ1v) is 7.95. The summed E-state index contributed by atoms with van der Waals surface area (Å²) >= 11 is 0. The van der Waals surface area contributed by atoms with Crippen LogP contribution in [0.1, 0.15) is 35.8 Å². The van der Waals surface area contributed by atoms with Gasteiger partial charge in [0.1, 0.15) is 12.4 Å². The minimum atomic E-state index is 0. The van der Waals surface area contributed by atoms with Crippen LogP contribution in [-0.2, 0) is 17.9 Å². The van der Waals surface area contributed by atoms with Crippen LogP contribution < -0.4 is 16.4 Å². The molecule has 0 amide bonds. The third-order valence-electron chi connectivity index (χ3n) is 4.18. The van der Waals surface area contributed by atoms with E-state index in [0.717, 1.165) is 29.9 Å². The minimum Gasteiger partial charge on any atom is -0.377 e. The van der Waals surface area contributed by atoms with Gasteiger partial charge in [-0.1, -0.05) is 0 Å². The van der Waals surface area contributed by atoms with Crippen LogP contribution >= 0.6 is 24.8 Å². The molecule has 1 saturated carbocycles. The van der Waals surface area contributed by atoms with Crippen LogP contribution in [0.2, 0.25) is 0 Å². The quantitative estimate of drug-likeness (QED) is 0.750. The molecule has 0 saturated heterocycles. The van der Waals surface area contributed by atoms with Gasteiger partial charge in [0.15, 0.2) is 5.82 Å². The van der Waals surface area contributed by atoms with Crippen molar-refractivity contribution in [2.24, 2.45) is 5.73 Å². The number of hydrogen-bond donors (Lipinski definition) is 2. The average Bonchev–Trinajstić information content (AvgIpc) is 2.54. The highest BCUT2D eigenvalue weighted by Gasteiger charge is 2.29. The SMILES string of the molecule is COCc1nc(C2CC(N)C2)cc(N(C)Cc2cnc(N)nc2)n1.Cl.Cl. The van der Waals surface area contributed by atoms with Crippen LogP contribution in [0.5, 0.6) is 0 Å². The molecular formula is C16H25Cl2N7O. The van der Waals surface area contributed by atoms with Gasteiger partial charge in [0.25, 0.3) is 0 Å². The molecule has 144 valence electrons. The number of nitrogens with two attached hydrogens (primary N) is 2. The molecule has 2 aromatic heterocycles.